The van der Waals surface area contributed by atoms with Crippen molar-refractivity contribution in [1.29, 1.82) is 0 Å². The number of amides is 3. The van der Waals surface area contributed by atoms with Crippen LogP contribution in [-0.4, -0.2) is 41.8 Å². The predicted molar refractivity (Wildman–Crippen MR) is 126 cm³/mol. The number of methoxy groups -OCH3 is 1. The van der Waals surface area contributed by atoms with E-state index >= 15 is 0 Å². The normalized spacial score (nSPS) is 19.7. The van der Waals surface area contributed by atoms with Gasteiger partial charge in [0.15, 0.2) is 0 Å². The molecule has 0 aromatic heterocycles. The van der Waals surface area contributed by atoms with Crippen LogP contribution < -0.4 is 9.64 Å². The maximum absolute atomic E-state index is 13.7. The molecule has 1 unspecified atom stereocenters. The first kappa shape index (κ1) is 22.5. The van der Waals surface area contributed by atoms with Gasteiger partial charge in [-0.2, -0.15) is 0 Å². The molecule has 2 fully saturated rings. The van der Waals surface area contributed by atoms with Gasteiger partial charge in [0.1, 0.15) is 11.8 Å². The summed E-state index contributed by atoms with van der Waals surface area (Å²) >= 11 is 3.38. The lowest BCUT2D eigenvalue weighted by molar-refractivity contribution is -0.123. The first-order valence-corrected chi connectivity index (χ1v) is 11.9. The lowest BCUT2D eigenvalue weighted by atomic mass is 10.0. The fourth-order valence-corrected chi connectivity index (χ4v) is 4.96. The van der Waals surface area contributed by atoms with Gasteiger partial charge in [-0.1, -0.05) is 47.7 Å². The Hall–Kier alpha value is -2.67. The lowest BCUT2D eigenvalue weighted by Crippen LogP contribution is -2.50. The monoisotopic (exact) mass is 498 g/mol. The van der Waals surface area contributed by atoms with E-state index in [0.29, 0.717) is 17.0 Å². The second-order valence-corrected chi connectivity index (χ2v) is 9.27. The Morgan fingerprint density at radius 1 is 1.03 bits per heavy atom. The third-order valence-corrected chi connectivity index (χ3v) is 6.84. The average molecular weight is 499 g/mol. The highest BCUT2D eigenvalue weighted by Crippen LogP contribution is 2.32. The number of imide groups is 1. The van der Waals surface area contributed by atoms with Crippen LogP contribution in [0, 0.1) is 0 Å². The molecule has 1 aliphatic carbocycles. The zero-order chi connectivity index (χ0) is 22.7. The second-order valence-electron chi connectivity index (χ2n) is 8.35. The SMILES string of the molecule is COc1cccc(C(=O)N(C2CCCCCC2)C2CC(=O)N(c3ccc(Br)cc3)C2=O)c1. The minimum atomic E-state index is -0.798. The van der Waals surface area contributed by atoms with Crippen LogP contribution in [0.25, 0.3) is 0 Å². The molecule has 7 heteroatoms. The standard InChI is InChI=1S/C25H27BrN2O4/c1-32-21-10-6-7-17(15-21)24(30)27(19-8-4-2-3-5-9-19)22-16-23(29)28(25(22)31)20-13-11-18(26)12-14-20/h6-7,10-15,19,22H,2-5,8-9,16H2,1H3. The molecule has 2 aromatic rings. The van der Waals surface area contributed by atoms with Crippen LogP contribution >= 0.6 is 15.9 Å². The van der Waals surface area contributed by atoms with Gasteiger partial charge >= 0.3 is 0 Å². The topological polar surface area (TPSA) is 66.9 Å². The summed E-state index contributed by atoms with van der Waals surface area (Å²) in [6.07, 6.45) is 5.95. The summed E-state index contributed by atoms with van der Waals surface area (Å²) in [6, 6.07) is 13.2. The second kappa shape index (κ2) is 9.86. The number of benzene rings is 2. The molecule has 6 nitrogen and oxygen atoms in total. The molecule has 2 aromatic carbocycles. The van der Waals surface area contributed by atoms with E-state index in [9.17, 15) is 14.4 Å². The van der Waals surface area contributed by atoms with Crippen molar-refractivity contribution >= 4 is 39.3 Å². The number of hydrogen-bond donors (Lipinski definition) is 0. The smallest absolute Gasteiger partial charge is 0.257 e. The Bertz CT molecular complexity index is 999. The molecule has 1 atom stereocenters. The summed E-state index contributed by atoms with van der Waals surface area (Å²) in [6.45, 7) is 0. The van der Waals surface area contributed by atoms with Crippen molar-refractivity contribution in [2.24, 2.45) is 0 Å². The zero-order valence-corrected chi connectivity index (χ0v) is 19.7. The molecule has 168 valence electrons. The Morgan fingerprint density at radius 2 is 1.72 bits per heavy atom. The highest BCUT2D eigenvalue weighted by molar-refractivity contribution is 9.10. The highest BCUT2D eigenvalue weighted by Gasteiger charge is 2.46. The first-order chi connectivity index (χ1) is 15.5. The van der Waals surface area contributed by atoms with Gasteiger partial charge in [-0.25, -0.2) is 4.90 Å². The molecule has 0 bridgehead atoms. The number of ether oxygens (including phenoxy) is 1. The van der Waals surface area contributed by atoms with Crippen LogP contribution in [0.15, 0.2) is 53.0 Å². The Labute approximate surface area is 196 Å². The van der Waals surface area contributed by atoms with Crippen LogP contribution in [0.5, 0.6) is 5.75 Å². The quantitative estimate of drug-likeness (QED) is 0.431. The van der Waals surface area contributed by atoms with Crippen molar-refractivity contribution in [2.45, 2.75) is 57.0 Å². The van der Waals surface area contributed by atoms with Crippen molar-refractivity contribution in [3.8, 4) is 5.75 Å². The summed E-state index contributed by atoms with van der Waals surface area (Å²) < 4.78 is 6.16. The zero-order valence-electron chi connectivity index (χ0n) is 18.1. The Morgan fingerprint density at radius 3 is 2.38 bits per heavy atom. The summed E-state index contributed by atoms with van der Waals surface area (Å²) in [5, 5.41) is 0. The fourth-order valence-electron chi connectivity index (χ4n) is 4.70. The predicted octanol–water partition coefficient (Wildman–Crippen LogP) is 4.95. The lowest BCUT2D eigenvalue weighted by Gasteiger charge is -2.35. The van der Waals surface area contributed by atoms with Crippen LogP contribution in [0.2, 0.25) is 0 Å². The van der Waals surface area contributed by atoms with Gasteiger partial charge in [0.25, 0.3) is 11.8 Å². The molecule has 32 heavy (non-hydrogen) atoms. The number of nitrogens with zero attached hydrogens (tertiary/aromatic N) is 2. The third kappa shape index (κ3) is 4.58. The van der Waals surface area contributed by atoms with E-state index in [0.717, 1.165) is 43.0 Å². The summed E-state index contributed by atoms with van der Waals surface area (Å²) in [7, 11) is 1.56. The van der Waals surface area contributed by atoms with Crippen molar-refractivity contribution < 1.29 is 19.1 Å². The molecule has 4 rings (SSSR count). The molecule has 0 N–H and O–H groups in total. The number of anilines is 1. The number of carbonyl (C=O) groups is 3. The summed E-state index contributed by atoms with van der Waals surface area (Å²) in [5.41, 5.74) is 0.997. The Balaban J connectivity index is 1.69. The molecular formula is C25H27BrN2O4. The molecule has 3 amide bonds. The molecule has 1 heterocycles. The number of carbonyl (C=O) groups excluding carboxylic acids is 3. The van der Waals surface area contributed by atoms with E-state index in [1.165, 1.54) is 4.90 Å². The molecule has 0 spiro atoms. The summed E-state index contributed by atoms with van der Waals surface area (Å²) in [4.78, 5) is 43.1. The van der Waals surface area contributed by atoms with Gasteiger partial charge in [0.2, 0.25) is 5.91 Å². The van der Waals surface area contributed by atoms with Gasteiger partial charge in [-0.05, 0) is 55.3 Å². The molecule has 0 radical (unpaired) electrons. The van der Waals surface area contributed by atoms with Crippen LogP contribution in [0.1, 0.15) is 55.3 Å². The van der Waals surface area contributed by atoms with Crippen molar-refractivity contribution in [1.82, 2.24) is 4.90 Å². The van der Waals surface area contributed by atoms with Crippen molar-refractivity contribution in [2.75, 3.05) is 12.0 Å². The van der Waals surface area contributed by atoms with E-state index in [1.54, 1.807) is 60.5 Å². The van der Waals surface area contributed by atoms with Crippen molar-refractivity contribution in [3.63, 3.8) is 0 Å². The number of hydrogen-bond acceptors (Lipinski definition) is 4. The Kier molecular flexibility index (Phi) is 6.94. The maximum atomic E-state index is 13.7. The van der Waals surface area contributed by atoms with E-state index in [2.05, 4.69) is 15.9 Å². The molecule has 1 saturated heterocycles. The average Bonchev–Trinajstić information content (AvgIpc) is 2.97. The largest absolute Gasteiger partial charge is 0.497 e. The van der Waals surface area contributed by atoms with E-state index in [4.69, 9.17) is 4.74 Å². The van der Waals surface area contributed by atoms with Crippen LogP contribution in [0.3, 0.4) is 0 Å². The minimum Gasteiger partial charge on any atom is -0.497 e. The fraction of sp³-hybridized carbons (Fsp3) is 0.400. The summed E-state index contributed by atoms with van der Waals surface area (Å²) in [5.74, 6) is -0.251. The van der Waals surface area contributed by atoms with E-state index in [-0.39, 0.29) is 30.2 Å². The molecule has 2 aliphatic rings. The third-order valence-electron chi connectivity index (χ3n) is 6.31. The minimum absolute atomic E-state index is 0.00110. The van der Waals surface area contributed by atoms with E-state index < -0.39 is 6.04 Å². The van der Waals surface area contributed by atoms with Gasteiger partial charge in [-0.15, -0.1) is 0 Å². The maximum Gasteiger partial charge on any atom is 0.257 e. The van der Waals surface area contributed by atoms with Crippen LogP contribution in [-0.2, 0) is 9.59 Å². The van der Waals surface area contributed by atoms with Gasteiger partial charge < -0.3 is 9.64 Å². The molecule has 1 saturated carbocycles. The van der Waals surface area contributed by atoms with Gasteiger partial charge in [-0.3, -0.25) is 14.4 Å². The number of halogens is 1. The molecule has 1 aliphatic heterocycles. The van der Waals surface area contributed by atoms with Gasteiger partial charge in [0.05, 0.1) is 19.2 Å². The van der Waals surface area contributed by atoms with Crippen LogP contribution in [0.4, 0.5) is 5.69 Å². The first-order valence-electron chi connectivity index (χ1n) is 11.1. The molecular weight excluding hydrogens is 472 g/mol. The van der Waals surface area contributed by atoms with Gasteiger partial charge in [0, 0.05) is 16.1 Å². The van der Waals surface area contributed by atoms with Crippen molar-refractivity contribution in [3.05, 3.63) is 58.6 Å². The number of rotatable bonds is 5. The highest BCUT2D eigenvalue weighted by atomic mass is 79.9. The van der Waals surface area contributed by atoms with E-state index in [1.807, 2.05) is 0 Å².